The van der Waals surface area contributed by atoms with Crippen molar-refractivity contribution < 1.29 is 19.5 Å². The number of amides is 2. The highest BCUT2D eigenvalue weighted by Crippen LogP contribution is 2.08. The van der Waals surface area contributed by atoms with E-state index in [0.29, 0.717) is 5.69 Å². The lowest BCUT2D eigenvalue weighted by Crippen LogP contribution is -2.33. The van der Waals surface area contributed by atoms with Crippen molar-refractivity contribution in [3.8, 4) is 0 Å². The summed E-state index contributed by atoms with van der Waals surface area (Å²) in [4.78, 5) is 38.6. The van der Waals surface area contributed by atoms with Gasteiger partial charge < -0.3 is 20.6 Å². The molecule has 108 valence electrons. The molecule has 0 radical (unpaired) electrons. The SMILES string of the molecule is CN(C)C(=O)c1cc(NCC(=O)NCC(=O)O)ccn1. The average Bonchev–Trinajstić information content (AvgIpc) is 2.42. The van der Waals surface area contributed by atoms with E-state index in [-0.39, 0.29) is 18.1 Å². The maximum absolute atomic E-state index is 11.7. The molecule has 0 unspecified atom stereocenters. The molecule has 0 atom stereocenters. The van der Waals surface area contributed by atoms with Crippen molar-refractivity contribution in [3.63, 3.8) is 0 Å². The van der Waals surface area contributed by atoms with Crippen LogP contribution in [0.5, 0.6) is 0 Å². The maximum Gasteiger partial charge on any atom is 0.322 e. The van der Waals surface area contributed by atoms with Gasteiger partial charge in [0, 0.05) is 26.0 Å². The number of aromatic nitrogens is 1. The Balaban J connectivity index is 2.56. The van der Waals surface area contributed by atoms with Crippen LogP contribution < -0.4 is 10.6 Å². The second kappa shape index (κ2) is 7.07. The number of nitrogens with one attached hydrogen (secondary N) is 2. The molecule has 1 rings (SSSR count). The Labute approximate surface area is 115 Å². The Hall–Kier alpha value is -2.64. The number of carbonyl (C=O) groups is 3. The van der Waals surface area contributed by atoms with Crippen LogP contribution in [0.2, 0.25) is 0 Å². The molecule has 0 aliphatic carbocycles. The number of carboxylic acid groups (broad SMARTS) is 1. The zero-order valence-corrected chi connectivity index (χ0v) is 11.2. The summed E-state index contributed by atoms with van der Waals surface area (Å²) in [6.07, 6.45) is 1.45. The van der Waals surface area contributed by atoms with Crippen molar-refractivity contribution in [2.45, 2.75) is 0 Å². The first-order valence-corrected chi connectivity index (χ1v) is 5.80. The van der Waals surface area contributed by atoms with E-state index < -0.39 is 18.4 Å². The Bertz CT molecular complexity index is 516. The lowest BCUT2D eigenvalue weighted by molar-refractivity contribution is -0.137. The fourth-order valence-electron chi connectivity index (χ4n) is 1.31. The average molecular weight is 280 g/mol. The van der Waals surface area contributed by atoms with Crippen LogP contribution in [0.1, 0.15) is 10.5 Å². The number of rotatable bonds is 6. The summed E-state index contributed by atoms with van der Waals surface area (Å²) in [5.41, 5.74) is 0.807. The van der Waals surface area contributed by atoms with Gasteiger partial charge in [-0.05, 0) is 12.1 Å². The molecule has 0 saturated heterocycles. The first-order chi connectivity index (χ1) is 9.40. The van der Waals surface area contributed by atoms with Crippen molar-refractivity contribution in [1.82, 2.24) is 15.2 Å². The molecule has 2 amide bonds. The molecule has 0 bridgehead atoms. The quantitative estimate of drug-likeness (QED) is 0.641. The monoisotopic (exact) mass is 280 g/mol. The van der Waals surface area contributed by atoms with Crippen molar-refractivity contribution >= 4 is 23.5 Å². The lowest BCUT2D eigenvalue weighted by atomic mass is 10.3. The van der Waals surface area contributed by atoms with E-state index in [0.717, 1.165) is 0 Å². The number of pyridine rings is 1. The normalized spacial score (nSPS) is 9.70. The van der Waals surface area contributed by atoms with Gasteiger partial charge in [0.15, 0.2) is 0 Å². The summed E-state index contributed by atoms with van der Waals surface area (Å²) < 4.78 is 0. The summed E-state index contributed by atoms with van der Waals surface area (Å²) in [6.45, 7) is -0.520. The van der Waals surface area contributed by atoms with Gasteiger partial charge in [0.1, 0.15) is 12.2 Å². The van der Waals surface area contributed by atoms with Gasteiger partial charge in [-0.15, -0.1) is 0 Å². The van der Waals surface area contributed by atoms with Gasteiger partial charge in [0.2, 0.25) is 5.91 Å². The van der Waals surface area contributed by atoms with Gasteiger partial charge in [0.05, 0.1) is 6.54 Å². The van der Waals surface area contributed by atoms with Gasteiger partial charge in [-0.2, -0.15) is 0 Å². The number of aliphatic carboxylic acids is 1. The van der Waals surface area contributed by atoms with E-state index >= 15 is 0 Å². The van der Waals surface area contributed by atoms with Gasteiger partial charge in [-0.1, -0.05) is 0 Å². The van der Waals surface area contributed by atoms with Crippen LogP contribution >= 0.6 is 0 Å². The third-order valence-electron chi connectivity index (χ3n) is 2.28. The van der Waals surface area contributed by atoms with E-state index in [1.165, 1.54) is 17.2 Å². The number of hydrogen-bond donors (Lipinski definition) is 3. The Morgan fingerprint density at radius 2 is 2.00 bits per heavy atom. The van der Waals surface area contributed by atoms with Crippen molar-refractivity contribution in [2.75, 3.05) is 32.5 Å². The van der Waals surface area contributed by atoms with E-state index in [1.54, 1.807) is 20.2 Å². The Kier molecular flexibility index (Phi) is 5.45. The van der Waals surface area contributed by atoms with Gasteiger partial charge >= 0.3 is 5.97 Å². The second-order valence-electron chi connectivity index (χ2n) is 4.15. The highest BCUT2D eigenvalue weighted by Gasteiger charge is 2.10. The third-order valence-corrected chi connectivity index (χ3v) is 2.28. The van der Waals surface area contributed by atoms with Crippen molar-refractivity contribution in [2.24, 2.45) is 0 Å². The summed E-state index contributed by atoms with van der Waals surface area (Å²) in [5.74, 6) is -1.81. The van der Waals surface area contributed by atoms with E-state index in [9.17, 15) is 14.4 Å². The molecule has 1 heterocycles. The van der Waals surface area contributed by atoms with E-state index in [1.807, 2.05) is 0 Å². The highest BCUT2D eigenvalue weighted by atomic mass is 16.4. The Morgan fingerprint density at radius 1 is 1.30 bits per heavy atom. The standard InChI is InChI=1S/C12H16N4O4/c1-16(2)12(20)9-5-8(3-4-13-9)14-6-10(17)15-7-11(18)19/h3-5H,6-7H2,1-2H3,(H,13,14)(H,15,17)(H,18,19). The molecule has 0 aliphatic rings. The molecule has 1 aromatic rings. The number of anilines is 1. The first kappa shape index (κ1) is 15.4. The minimum Gasteiger partial charge on any atom is -0.480 e. The van der Waals surface area contributed by atoms with Crippen molar-refractivity contribution in [3.05, 3.63) is 24.0 Å². The zero-order valence-electron chi connectivity index (χ0n) is 11.2. The molecule has 0 aliphatic heterocycles. The summed E-state index contributed by atoms with van der Waals surface area (Å²) in [7, 11) is 3.23. The number of nitrogens with zero attached hydrogens (tertiary/aromatic N) is 2. The number of carboxylic acids is 1. The molecular weight excluding hydrogens is 264 g/mol. The minimum absolute atomic E-state index is 0.0904. The van der Waals surface area contributed by atoms with E-state index in [2.05, 4.69) is 15.6 Å². The molecule has 8 nitrogen and oxygen atoms in total. The molecular formula is C12H16N4O4. The predicted octanol–water partition coefficient (Wildman–Crippen LogP) is -0.604. The summed E-state index contributed by atoms with van der Waals surface area (Å²) >= 11 is 0. The maximum atomic E-state index is 11.7. The van der Waals surface area contributed by atoms with Crippen LogP contribution in [0.15, 0.2) is 18.3 Å². The molecule has 20 heavy (non-hydrogen) atoms. The molecule has 0 spiro atoms. The van der Waals surface area contributed by atoms with Gasteiger partial charge in [0.25, 0.3) is 5.91 Å². The smallest absolute Gasteiger partial charge is 0.322 e. The summed E-state index contributed by atoms with van der Waals surface area (Å²) in [5, 5.41) is 13.4. The molecule has 0 aromatic carbocycles. The van der Waals surface area contributed by atoms with Crippen LogP contribution in [0.4, 0.5) is 5.69 Å². The largest absolute Gasteiger partial charge is 0.480 e. The molecule has 3 N–H and O–H groups in total. The van der Waals surface area contributed by atoms with Crippen LogP contribution in [-0.2, 0) is 9.59 Å². The predicted molar refractivity (Wildman–Crippen MR) is 71.4 cm³/mol. The Morgan fingerprint density at radius 3 is 2.60 bits per heavy atom. The molecule has 0 saturated carbocycles. The molecule has 8 heteroatoms. The third kappa shape index (κ3) is 4.92. The number of carbonyl (C=O) groups excluding carboxylic acids is 2. The second-order valence-corrected chi connectivity index (χ2v) is 4.15. The number of hydrogen-bond acceptors (Lipinski definition) is 5. The van der Waals surface area contributed by atoms with Gasteiger partial charge in [-0.3, -0.25) is 19.4 Å². The van der Waals surface area contributed by atoms with Crippen LogP contribution in [0.25, 0.3) is 0 Å². The lowest BCUT2D eigenvalue weighted by Gasteiger charge is -2.11. The summed E-state index contributed by atoms with van der Waals surface area (Å²) in [6, 6.07) is 3.13. The highest BCUT2D eigenvalue weighted by molar-refractivity contribution is 5.93. The van der Waals surface area contributed by atoms with Crippen LogP contribution in [0, 0.1) is 0 Å². The zero-order chi connectivity index (χ0) is 15.1. The fourth-order valence-corrected chi connectivity index (χ4v) is 1.31. The van der Waals surface area contributed by atoms with Crippen LogP contribution in [-0.4, -0.2) is 60.0 Å². The van der Waals surface area contributed by atoms with Gasteiger partial charge in [-0.25, -0.2) is 0 Å². The first-order valence-electron chi connectivity index (χ1n) is 5.80. The van der Waals surface area contributed by atoms with Crippen molar-refractivity contribution in [1.29, 1.82) is 0 Å². The van der Waals surface area contributed by atoms with E-state index in [4.69, 9.17) is 5.11 Å². The molecule has 0 fully saturated rings. The topological polar surface area (TPSA) is 112 Å². The fraction of sp³-hybridized carbons (Fsp3) is 0.333. The van der Waals surface area contributed by atoms with Crippen LogP contribution in [0.3, 0.4) is 0 Å². The minimum atomic E-state index is -1.11. The molecule has 1 aromatic heterocycles.